The van der Waals surface area contributed by atoms with E-state index < -0.39 is 10.8 Å². The predicted octanol–water partition coefficient (Wildman–Crippen LogP) is 2.32. The summed E-state index contributed by atoms with van der Waals surface area (Å²) < 4.78 is 12.1. The smallest absolute Gasteiger partial charge is 0.237 e. The lowest BCUT2D eigenvalue weighted by molar-refractivity contribution is -0.113. The molecular formula is C15H16N2O2S. The van der Waals surface area contributed by atoms with E-state index in [1.54, 1.807) is 24.3 Å². The first-order chi connectivity index (χ1) is 9.56. The first-order valence-corrected chi connectivity index (χ1v) is 7.47. The molecule has 1 atom stereocenters. The van der Waals surface area contributed by atoms with Crippen molar-refractivity contribution in [3.05, 3.63) is 54.1 Å². The molecule has 0 aliphatic carbocycles. The van der Waals surface area contributed by atoms with Crippen LogP contribution in [0.3, 0.4) is 0 Å². The molecule has 1 amide bonds. The average Bonchev–Trinajstić information content (AvgIpc) is 2.39. The maximum Gasteiger partial charge on any atom is 0.237 e. The Hall–Kier alpha value is -2.14. The quantitative estimate of drug-likeness (QED) is 0.848. The number of aryl methyl sites for hydroxylation is 1. The van der Waals surface area contributed by atoms with Gasteiger partial charge in [0.05, 0.1) is 15.7 Å². The van der Waals surface area contributed by atoms with Crippen LogP contribution in [0.1, 0.15) is 5.56 Å². The number of carbonyl (C=O) groups excluding carboxylic acids is 1. The molecule has 2 rings (SSSR count). The van der Waals surface area contributed by atoms with E-state index in [-0.39, 0.29) is 11.7 Å². The maximum atomic E-state index is 12.1. The highest BCUT2D eigenvalue weighted by atomic mass is 32.2. The van der Waals surface area contributed by atoms with Gasteiger partial charge in [-0.1, -0.05) is 24.3 Å². The minimum Gasteiger partial charge on any atom is -0.398 e. The van der Waals surface area contributed by atoms with Crippen molar-refractivity contribution in [2.75, 3.05) is 16.8 Å². The topological polar surface area (TPSA) is 72.2 Å². The van der Waals surface area contributed by atoms with E-state index in [1.807, 2.05) is 31.2 Å². The number of nitrogens with two attached hydrogens (primary N) is 1. The Balaban J connectivity index is 2.02. The van der Waals surface area contributed by atoms with Gasteiger partial charge in [-0.2, -0.15) is 0 Å². The normalized spacial score (nSPS) is 11.8. The second kappa shape index (κ2) is 6.34. The molecule has 0 saturated carbocycles. The van der Waals surface area contributed by atoms with Gasteiger partial charge in [0.25, 0.3) is 0 Å². The van der Waals surface area contributed by atoms with Gasteiger partial charge < -0.3 is 11.1 Å². The van der Waals surface area contributed by atoms with Gasteiger partial charge in [-0.05, 0) is 36.8 Å². The molecule has 0 radical (unpaired) electrons. The standard InChI is InChI=1S/C15H16N2O2S/c1-11-7-8-14(13(16)9-11)20(19)10-15(18)17-12-5-3-2-4-6-12/h2-9H,10,16H2,1H3,(H,17,18). The Bertz CT molecular complexity index is 642. The van der Waals surface area contributed by atoms with Crippen LogP contribution in [-0.2, 0) is 15.6 Å². The van der Waals surface area contributed by atoms with Crippen molar-refractivity contribution in [3.8, 4) is 0 Å². The number of anilines is 2. The minimum absolute atomic E-state index is 0.109. The van der Waals surface area contributed by atoms with Crippen molar-refractivity contribution in [1.82, 2.24) is 0 Å². The second-order valence-electron chi connectivity index (χ2n) is 4.45. The predicted molar refractivity (Wildman–Crippen MR) is 81.9 cm³/mol. The SMILES string of the molecule is Cc1ccc(S(=O)CC(=O)Nc2ccccc2)c(N)c1. The summed E-state index contributed by atoms with van der Waals surface area (Å²) in [6.07, 6.45) is 0. The van der Waals surface area contributed by atoms with E-state index >= 15 is 0 Å². The van der Waals surface area contributed by atoms with E-state index in [9.17, 15) is 9.00 Å². The number of hydrogen-bond acceptors (Lipinski definition) is 3. The fourth-order valence-electron chi connectivity index (χ4n) is 1.79. The van der Waals surface area contributed by atoms with Gasteiger partial charge in [0.15, 0.2) is 0 Å². The summed E-state index contributed by atoms with van der Waals surface area (Å²) in [5, 5.41) is 2.70. The minimum atomic E-state index is -1.44. The molecule has 0 aliphatic rings. The Morgan fingerprint density at radius 2 is 1.90 bits per heavy atom. The summed E-state index contributed by atoms with van der Waals surface area (Å²) in [7, 11) is -1.44. The highest BCUT2D eigenvalue weighted by molar-refractivity contribution is 7.86. The first kappa shape index (κ1) is 14.3. The van der Waals surface area contributed by atoms with Crippen LogP contribution >= 0.6 is 0 Å². The molecule has 0 bridgehead atoms. The molecule has 0 aromatic heterocycles. The third-order valence-corrected chi connectivity index (χ3v) is 4.12. The van der Waals surface area contributed by atoms with E-state index in [0.29, 0.717) is 16.3 Å². The van der Waals surface area contributed by atoms with Gasteiger partial charge in [-0.25, -0.2) is 0 Å². The molecule has 2 aromatic rings. The Labute approximate surface area is 120 Å². The van der Waals surface area contributed by atoms with Gasteiger partial charge in [-0.3, -0.25) is 9.00 Å². The van der Waals surface area contributed by atoms with Gasteiger partial charge >= 0.3 is 0 Å². The van der Waals surface area contributed by atoms with E-state index in [1.165, 1.54) is 0 Å². The molecule has 104 valence electrons. The maximum absolute atomic E-state index is 12.1. The van der Waals surface area contributed by atoms with Gasteiger partial charge in [0.1, 0.15) is 5.75 Å². The lowest BCUT2D eigenvalue weighted by Gasteiger charge is -2.07. The van der Waals surface area contributed by atoms with Crippen LogP contribution in [0.4, 0.5) is 11.4 Å². The molecule has 0 saturated heterocycles. The second-order valence-corrected chi connectivity index (χ2v) is 5.86. The van der Waals surface area contributed by atoms with Crippen molar-refractivity contribution in [2.24, 2.45) is 0 Å². The van der Waals surface area contributed by atoms with Crippen molar-refractivity contribution in [1.29, 1.82) is 0 Å². The number of nitrogens with one attached hydrogen (secondary N) is 1. The summed E-state index contributed by atoms with van der Waals surface area (Å²) >= 11 is 0. The summed E-state index contributed by atoms with van der Waals surface area (Å²) in [6, 6.07) is 14.4. The Kier molecular flexibility index (Phi) is 4.53. The largest absolute Gasteiger partial charge is 0.398 e. The van der Waals surface area contributed by atoms with E-state index in [4.69, 9.17) is 5.73 Å². The number of rotatable bonds is 4. The third kappa shape index (κ3) is 3.68. The van der Waals surface area contributed by atoms with Crippen molar-refractivity contribution >= 4 is 28.1 Å². The molecule has 1 unspecified atom stereocenters. The molecule has 0 fully saturated rings. The summed E-state index contributed by atoms with van der Waals surface area (Å²) in [6.45, 7) is 1.91. The lowest BCUT2D eigenvalue weighted by atomic mass is 10.2. The van der Waals surface area contributed by atoms with Crippen molar-refractivity contribution < 1.29 is 9.00 Å². The van der Waals surface area contributed by atoms with Crippen LogP contribution in [-0.4, -0.2) is 15.9 Å². The van der Waals surface area contributed by atoms with Gasteiger partial charge in [-0.15, -0.1) is 0 Å². The number of benzene rings is 2. The number of amides is 1. The average molecular weight is 288 g/mol. The first-order valence-electron chi connectivity index (χ1n) is 6.15. The fourth-order valence-corrected chi connectivity index (χ4v) is 2.80. The van der Waals surface area contributed by atoms with Crippen LogP contribution < -0.4 is 11.1 Å². The van der Waals surface area contributed by atoms with Crippen LogP contribution in [0.2, 0.25) is 0 Å². The zero-order valence-electron chi connectivity index (χ0n) is 11.1. The molecule has 5 heteroatoms. The molecule has 0 spiro atoms. The third-order valence-electron chi connectivity index (χ3n) is 2.73. The Morgan fingerprint density at radius 3 is 2.55 bits per heavy atom. The zero-order valence-corrected chi connectivity index (χ0v) is 11.9. The molecule has 4 nitrogen and oxygen atoms in total. The van der Waals surface area contributed by atoms with Crippen LogP contribution in [0.25, 0.3) is 0 Å². The van der Waals surface area contributed by atoms with E-state index in [2.05, 4.69) is 5.32 Å². The molecule has 0 heterocycles. The van der Waals surface area contributed by atoms with Crippen LogP contribution in [0, 0.1) is 6.92 Å². The monoisotopic (exact) mass is 288 g/mol. The Morgan fingerprint density at radius 1 is 1.20 bits per heavy atom. The number of nitrogen functional groups attached to an aromatic ring is 1. The number of hydrogen-bond donors (Lipinski definition) is 2. The molecule has 20 heavy (non-hydrogen) atoms. The summed E-state index contributed by atoms with van der Waals surface area (Å²) in [4.78, 5) is 12.3. The van der Waals surface area contributed by atoms with Gasteiger partial charge in [0.2, 0.25) is 5.91 Å². The van der Waals surface area contributed by atoms with E-state index in [0.717, 1.165) is 5.56 Å². The molecular weight excluding hydrogens is 272 g/mol. The van der Waals surface area contributed by atoms with Crippen LogP contribution in [0.15, 0.2) is 53.4 Å². The molecule has 2 aromatic carbocycles. The van der Waals surface area contributed by atoms with Gasteiger partial charge in [0, 0.05) is 11.4 Å². The highest BCUT2D eigenvalue weighted by Gasteiger charge is 2.13. The molecule has 0 aliphatic heterocycles. The number of carbonyl (C=O) groups is 1. The summed E-state index contributed by atoms with van der Waals surface area (Å²) in [5.74, 6) is -0.406. The van der Waals surface area contributed by atoms with Crippen molar-refractivity contribution in [3.63, 3.8) is 0 Å². The summed E-state index contributed by atoms with van der Waals surface area (Å²) in [5.41, 5.74) is 7.96. The number of para-hydroxylation sites is 1. The molecule has 3 N–H and O–H groups in total. The zero-order chi connectivity index (χ0) is 14.5. The lowest BCUT2D eigenvalue weighted by Crippen LogP contribution is -2.20. The van der Waals surface area contributed by atoms with Crippen molar-refractivity contribution in [2.45, 2.75) is 11.8 Å². The fraction of sp³-hybridized carbons (Fsp3) is 0.133. The van der Waals surface area contributed by atoms with Crippen LogP contribution in [0.5, 0.6) is 0 Å². The highest BCUT2D eigenvalue weighted by Crippen LogP contribution is 2.18.